The highest BCUT2D eigenvalue weighted by Gasteiger charge is 2.46. The number of aliphatic carboxylic acids is 1. The Morgan fingerprint density at radius 1 is 1.41 bits per heavy atom. The Balaban J connectivity index is 2.68. The molecule has 1 fully saturated rings. The van der Waals surface area contributed by atoms with Crippen molar-refractivity contribution in [2.75, 3.05) is 6.54 Å². The highest BCUT2D eigenvalue weighted by molar-refractivity contribution is 6.08. The molecule has 1 rings (SSSR count). The molecule has 1 saturated carbocycles. The molecular weight excluding hydrogens is 281 g/mol. The first-order valence-electron chi connectivity index (χ1n) is 7.98. The minimum atomic E-state index is -1.31. The lowest BCUT2D eigenvalue weighted by atomic mass is 9.67. The maximum atomic E-state index is 11.9. The summed E-state index contributed by atoms with van der Waals surface area (Å²) in [7, 11) is 5.56. The van der Waals surface area contributed by atoms with Gasteiger partial charge >= 0.3 is 5.97 Å². The van der Waals surface area contributed by atoms with Crippen molar-refractivity contribution in [1.82, 2.24) is 5.32 Å². The highest BCUT2D eigenvalue weighted by Crippen LogP contribution is 2.37. The van der Waals surface area contributed by atoms with Crippen LogP contribution in [0.25, 0.3) is 0 Å². The fraction of sp³-hybridized carbons (Fsp3) is 0.867. The van der Waals surface area contributed by atoms with E-state index in [4.69, 9.17) is 19.3 Å². The number of carbonyl (C=O) groups excluding carboxylic acids is 1. The van der Waals surface area contributed by atoms with E-state index in [0.717, 1.165) is 12.8 Å². The third-order valence-electron chi connectivity index (χ3n) is 4.80. The predicted octanol–water partition coefficient (Wildman–Crippen LogP) is 0.261. The van der Waals surface area contributed by atoms with Gasteiger partial charge in [-0.2, -0.15) is 0 Å². The van der Waals surface area contributed by atoms with Crippen molar-refractivity contribution in [3.63, 3.8) is 0 Å². The summed E-state index contributed by atoms with van der Waals surface area (Å²) in [6.45, 7) is 3.98. The van der Waals surface area contributed by atoms with Gasteiger partial charge in [0, 0.05) is 12.5 Å². The molecule has 0 spiro atoms. The quantitative estimate of drug-likeness (QED) is 0.503. The van der Waals surface area contributed by atoms with Gasteiger partial charge in [-0.25, -0.2) is 0 Å². The van der Waals surface area contributed by atoms with Crippen LogP contribution in [0.1, 0.15) is 39.5 Å². The van der Waals surface area contributed by atoms with Crippen molar-refractivity contribution in [1.29, 1.82) is 0 Å². The van der Waals surface area contributed by atoms with Crippen LogP contribution in [0.2, 0.25) is 6.32 Å². The van der Waals surface area contributed by atoms with E-state index in [2.05, 4.69) is 5.32 Å². The van der Waals surface area contributed by atoms with E-state index in [1.165, 1.54) is 0 Å². The van der Waals surface area contributed by atoms with Crippen molar-refractivity contribution >= 4 is 19.7 Å². The average molecular weight is 309 g/mol. The number of nitrogens with two attached hydrogens (primary N) is 2. The Kier molecular flexibility index (Phi) is 6.87. The summed E-state index contributed by atoms with van der Waals surface area (Å²) < 4.78 is 0. The number of carbonyl (C=O) groups is 2. The molecule has 124 valence electrons. The van der Waals surface area contributed by atoms with Gasteiger partial charge in [0.05, 0.1) is 13.9 Å². The van der Waals surface area contributed by atoms with Crippen molar-refractivity contribution in [2.24, 2.45) is 29.2 Å². The predicted molar refractivity (Wildman–Crippen MR) is 86.4 cm³/mol. The smallest absolute Gasteiger partial charge is 0.324 e. The molecule has 0 aromatic rings. The zero-order valence-corrected chi connectivity index (χ0v) is 13.5. The van der Waals surface area contributed by atoms with Gasteiger partial charge in [0.15, 0.2) is 0 Å². The number of carboxylic acid groups (broad SMARTS) is 1. The van der Waals surface area contributed by atoms with Crippen LogP contribution in [0.3, 0.4) is 0 Å². The lowest BCUT2D eigenvalue weighted by Gasteiger charge is -2.41. The Hall–Kier alpha value is -1.08. The third kappa shape index (κ3) is 4.46. The van der Waals surface area contributed by atoms with Gasteiger partial charge in [0.1, 0.15) is 5.54 Å². The fourth-order valence-electron chi connectivity index (χ4n) is 3.11. The average Bonchev–Trinajstić information content (AvgIpc) is 2.45. The molecule has 0 aromatic carbocycles. The molecule has 0 unspecified atom stereocenters. The number of hydrogen-bond acceptors (Lipinski definition) is 4. The lowest BCUT2D eigenvalue weighted by Crippen LogP contribution is -2.60. The Morgan fingerprint density at radius 3 is 2.55 bits per heavy atom. The van der Waals surface area contributed by atoms with Crippen LogP contribution in [0.5, 0.6) is 0 Å². The van der Waals surface area contributed by atoms with Gasteiger partial charge in [-0.15, -0.1) is 0 Å². The number of rotatable bonds is 7. The van der Waals surface area contributed by atoms with Crippen LogP contribution in [-0.2, 0) is 9.59 Å². The summed E-state index contributed by atoms with van der Waals surface area (Å²) in [5, 5.41) is 12.3. The molecule has 0 aliphatic heterocycles. The van der Waals surface area contributed by atoms with E-state index >= 15 is 0 Å². The minimum absolute atomic E-state index is 0.0300. The summed E-state index contributed by atoms with van der Waals surface area (Å²) >= 11 is 0. The topological polar surface area (TPSA) is 118 Å². The van der Waals surface area contributed by atoms with E-state index in [0.29, 0.717) is 19.2 Å². The second kappa shape index (κ2) is 7.97. The van der Waals surface area contributed by atoms with Crippen molar-refractivity contribution in [2.45, 2.75) is 57.4 Å². The monoisotopic (exact) mass is 309 g/mol. The molecule has 6 N–H and O–H groups in total. The summed E-state index contributed by atoms with van der Waals surface area (Å²) in [6.07, 6.45) is 3.27. The summed E-state index contributed by atoms with van der Waals surface area (Å²) in [4.78, 5) is 23.6. The SMILES string of the molecule is [B]CC[C@@H]1CC[C@@H](CNC(=O)[C@@H](N)C(C)C)[C@@](N)(C(=O)O)C1. The zero-order valence-electron chi connectivity index (χ0n) is 13.5. The molecule has 22 heavy (non-hydrogen) atoms. The second-order valence-electron chi connectivity index (χ2n) is 6.78. The van der Waals surface area contributed by atoms with E-state index in [9.17, 15) is 14.7 Å². The molecular formula is C15H28BN3O3. The van der Waals surface area contributed by atoms with Crippen molar-refractivity contribution in [3.05, 3.63) is 0 Å². The van der Waals surface area contributed by atoms with E-state index in [1.54, 1.807) is 0 Å². The molecule has 0 heterocycles. The van der Waals surface area contributed by atoms with E-state index in [1.807, 2.05) is 13.8 Å². The van der Waals surface area contributed by atoms with Crippen LogP contribution in [0, 0.1) is 17.8 Å². The highest BCUT2D eigenvalue weighted by atomic mass is 16.4. The van der Waals surface area contributed by atoms with Crippen LogP contribution in [0.4, 0.5) is 0 Å². The number of carboxylic acids is 1. The molecule has 1 amide bonds. The van der Waals surface area contributed by atoms with Gasteiger partial charge < -0.3 is 21.9 Å². The van der Waals surface area contributed by atoms with Crippen LogP contribution < -0.4 is 16.8 Å². The number of hydrogen-bond donors (Lipinski definition) is 4. The van der Waals surface area contributed by atoms with E-state index < -0.39 is 17.6 Å². The number of nitrogens with one attached hydrogen (secondary N) is 1. The minimum Gasteiger partial charge on any atom is -0.480 e. The molecule has 4 atom stereocenters. The first kappa shape index (κ1) is 19.0. The normalized spacial score (nSPS) is 30.0. The Bertz CT molecular complexity index is 405. The molecule has 7 heteroatoms. The molecule has 2 radical (unpaired) electrons. The largest absolute Gasteiger partial charge is 0.480 e. The second-order valence-corrected chi connectivity index (χ2v) is 6.78. The molecule has 0 aromatic heterocycles. The Labute approximate surface area is 133 Å². The summed E-state index contributed by atoms with van der Waals surface area (Å²) in [5.41, 5.74) is 10.6. The van der Waals surface area contributed by atoms with Gasteiger partial charge in [-0.3, -0.25) is 9.59 Å². The van der Waals surface area contributed by atoms with Crippen molar-refractivity contribution in [3.8, 4) is 0 Å². The summed E-state index contributed by atoms with van der Waals surface area (Å²) in [5.74, 6) is -1.30. The summed E-state index contributed by atoms with van der Waals surface area (Å²) in [6, 6.07) is -0.592. The molecule has 0 bridgehead atoms. The van der Waals surface area contributed by atoms with Gasteiger partial charge in [0.25, 0.3) is 0 Å². The molecule has 1 aliphatic carbocycles. The maximum Gasteiger partial charge on any atom is 0.324 e. The number of amides is 1. The van der Waals surface area contributed by atoms with Crippen LogP contribution in [-0.4, -0.2) is 43.0 Å². The first-order chi connectivity index (χ1) is 10.2. The van der Waals surface area contributed by atoms with Crippen LogP contribution >= 0.6 is 0 Å². The van der Waals surface area contributed by atoms with Gasteiger partial charge in [0.2, 0.25) is 5.91 Å². The van der Waals surface area contributed by atoms with Crippen molar-refractivity contribution < 1.29 is 14.7 Å². The third-order valence-corrected chi connectivity index (χ3v) is 4.80. The van der Waals surface area contributed by atoms with Gasteiger partial charge in [-0.05, 0) is 31.1 Å². The Morgan fingerprint density at radius 2 is 2.05 bits per heavy atom. The van der Waals surface area contributed by atoms with Gasteiger partial charge in [-0.1, -0.05) is 26.6 Å². The lowest BCUT2D eigenvalue weighted by molar-refractivity contribution is -0.148. The standard InChI is InChI=1S/C15H28BN3O3/c1-9(2)12(17)13(20)19-8-11-4-3-10(5-6-16)7-15(11,18)14(21)22/h9-12H,3-8,17-18H2,1-2H3,(H,19,20)(H,21,22)/t10-,11-,12-,15+/m0/s1. The first-order valence-corrected chi connectivity index (χ1v) is 7.98. The van der Waals surface area contributed by atoms with Crippen LogP contribution in [0.15, 0.2) is 0 Å². The van der Waals surface area contributed by atoms with E-state index in [-0.39, 0.29) is 30.2 Å². The molecule has 1 aliphatic rings. The zero-order chi connectivity index (χ0) is 16.9. The molecule has 6 nitrogen and oxygen atoms in total. The molecule has 0 saturated heterocycles. The fourth-order valence-corrected chi connectivity index (χ4v) is 3.11. The maximum absolute atomic E-state index is 11.9.